The molecule has 3 aromatic heterocycles. The first-order valence-electron chi connectivity index (χ1n) is 10.5. The standard InChI is InChI=1S/C22H25N7O/c1-14-18(13-25-28-14)21(30)29-10-6-16(7-11-29)20-19(15-4-8-23-9-5-15)12-24-22(27-20)26-17-2-3-17/h4-5,8-9,12-13,16-17H,2-3,6-7,10-11H2,1H3,(H,25,28)(H,24,26,27). The van der Waals surface area contributed by atoms with Gasteiger partial charge in [-0.3, -0.25) is 14.9 Å². The number of H-pyrrole nitrogens is 1. The molecule has 30 heavy (non-hydrogen) atoms. The molecule has 1 saturated heterocycles. The number of piperidine rings is 1. The summed E-state index contributed by atoms with van der Waals surface area (Å²) < 4.78 is 0. The number of nitrogens with one attached hydrogen (secondary N) is 2. The van der Waals surface area contributed by atoms with E-state index < -0.39 is 0 Å². The van der Waals surface area contributed by atoms with Crippen molar-refractivity contribution in [2.24, 2.45) is 0 Å². The SMILES string of the molecule is Cc1[nH]ncc1C(=O)N1CCC(c2nc(NC3CC3)ncc2-c2ccncc2)CC1. The Balaban J connectivity index is 1.38. The van der Waals surface area contributed by atoms with Crippen molar-refractivity contribution in [2.75, 3.05) is 18.4 Å². The van der Waals surface area contributed by atoms with Crippen LogP contribution in [0, 0.1) is 6.92 Å². The van der Waals surface area contributed by atoms with Gasteiger partial charge in [-0.2, -0.15) is 5.10 Å². The summed E-state index contributed by atoms with van der Waals surface area (Å²) in [6.45, 7) is 3.29. The molecular formula is C22H25N7O. The number of anilines is 1. The number of likely N-dealkylation sites (tertiary alicyclic amines) is 1. The van der Waals surface area contributed by atoms with Crippen LogP contribution in [0.5, 0.6) is 0 Å². The lowest BCUT2D eigenvalue weighted by Gasteiger charge is -2.32. The molecule has 0 spiro atoms. The summed E-state index contributed by atoms with van der Waals surface area (Å²) >= 11 is 0. The molecule has 1 aliphatic heterocycles. The molecule has 0 aromatic carbocycles. The van der Waals surface area contributed by atoms with E-state index in [0.717, 1.165) is 35.4 Å². The van der Waals surface area contributed by atoms with Crippen molar-refractivity contribution >= 4 is 11.9 Å². The van der Waals surface area contributed by atoms with E-state index in [1.54, 1.807) is 18.6 Å². The smallest absolute Gasteiger partial charge is 0.257 e. The Bertz CT molecular complexity index is 1040. The Morgan fingerprint density at radius 1 is 1.13 bits per heavy atom. The van der Waals surface area contributed by atoms with Crippen molar-refractivity contribution in [2.45, 2.75) is 44.6 Å². The summed E-state index contributed by atoms with van der Waals surface area (Å²) in [5.41, 5.74) is 4.66. The van der Waals surface area contributed by atoms with Crippen LogP contribution in [0.15, 0.2) is 36.9 Å². The Kier molecular flexibility index (Phi) is 4.90. The molecule has 8 nitrogen and oxygen atoms in total. The summed E-state index contributed by atoms with van der Waals surface area (Å²) in [4.78, 5) is 28.4. The Hall–Kier alpha value is -3.29. The fraction of sp³-hybridized carbons (Fsp3) is 0.409. The predicted molar refractivity (Wildman–Crippen MR) is 113 cm³/mol. The van der Waals surface area contributed by atoms with Gasteiger partial charge in [0.15, 0.2) is 0 Å². The second kappa shape index (κ2) is 7.85. The van der Waals surface area contributed by atoms with E-state index in [1.807, 2.05) is 30.2 Å². The van der Waals surface area contributed by atoms with Crippen molar-refractivity contribution in [3.63, 3.8) is 0 Å². The first kappa shape index (κ1) is 18.7. The third-order valence-electron chi connectivity index (χ3n) is 5.95. The van der Waals surface area contributed by atoms with Crippen LogP contribution in [0.3, 0.4) is 0 Å². The lowest BCUT2D eigenvalue weighted by Crippen LogP contribution is -2.38. The number of carbonyl (C=O) groups is 1. The summed E-state index contributed by atoms with van der Waals surface area (Å²) in [7, 11) is 0. The fourth-order valence-electron chi connectivity index (χ4n) is 4.03. The lowest BCUT2D eigenvalue weighted by atomic mass is 9.89. The topological polar surface area (TPSA) is 99.7 Å². The molecule has 8 heteroatoms. The van der Waals surface area contributed by atoms with Crippen LogP contribution in [0.1, 0.15) is 53.3 Å². The van der Waals surface area contributed by atoms with Gasteiger partial charge in [-0.15, -0.1) is 0 Å². The summed E-state index contributed by atoms with van der Waals surface area (Å²) in [5.74, 6) is 1.04. The Morgan fingerprint density at radius 3 is 2.57 bits per heavy atom. The van der Waals surface area contributed by atoms with E-state index >= 15 is 0 Å². The Morgan fingerprint density at radius 2 is 1.90 bits per heavy atom. The average molecular weight is 403 g/mol. The zero-order valence-corrected chi connectivity index (χ0v) is 17.0. The van der Waals surface area contributed by atoms with Gasteiger partial charge in [0.1, 0.15) is 0 Å². The molecule has 2 fully saturated rings. The third kappa shape index (κ3) is 3.77. The van der Waals surface area contributed by atoms with Crippen molar-refractivity contribution in [3.05, 3.63) is 53.9 Å². The molecule has 5 rings (SSSR count). The Labute approximate surface area is 175 Å². The summed E-state index contributed by atoms with van der Waals surface area (Å²) in [5, 5.41) is 10.2. The fourth-order valence-corrected chi connectivity index (χ4v) is 4.03. The van der Waals surface area contributed by atoms with Gasteiger partial charge in [0.2, 0.25) is 5.95 Å². The number of hydrogen-bond acceptors (Lipinski definition) is 6. The van der Waals surface area contributed by atoms with Crippen LogP contribution in [-0.2, 0) is 0 Å². The normalized spacial score (nSPS) is 17.2. The van der Waals surface area contributed by atoms with Crippen LogP contribution < -0.4 is 5.32 Å². The molecule has 3 aromatic rings. The first-order valence-corrected chi connectivity index (χ1v) is 10.5. The number of pyridine rings is 1. The highest BCUT2D eigenvalue weighted by atomic mass is 16.2. The highest BCUT2D eigenvalue weighted by molar-refractivity contribution is 5.95. The molecule has 4 heterocycles. The number of carbonyl (C=O) groups excluding carboxylic acids is 1. The van der Waals surface area contributed by atoms with Crippen LogP contribution in [0.4, 0.5) is 5.95 Å². The average Bonchev–Trinajstić information content (AvgIpc) is 3.51. The van der Waals surface area contributed by atoms with E-state index in [2.05, 4.69) is 25.5 Å². The van der Waals surface area contributed by atoms with Crippen LogP contribution in [-0.4, -0.2) is 55.1 Å². The van der Waals surface area contributed by atoms with Gasteiger partial charge in [-0.25, -0.2) is 9.97 Å². The molecule has 2 N–H and O–H groups in total. The van der Waals surface area contributed by atoms with Gasteiger partial charge in [-0.1, -0.05) is 0 Å². The molecule has 1 aliphatic carbocycles. The van der Waals surface area contributed by atoms with E-state index in [4.69, 9.17) is 4.98 Å². The van der Waals surface area contributed by atoms with Crippen molar-refractivity contribution in [1.29, 1.82) is 0 Å². The quantitative estimate of drug-likeness (QED) is 0.679. The second-order valence-corrected chi connectivity index (χ2v) is 8.12. The number of amides is 1. The van der Waals surface area contributed by atoms with Gasteiger partial charge in [-0.05, 0) is 50.3 Å². The molecule has 1 amide bonds. The van der Waals surface area contributed by atoms with Gasteiger partial charge in [0.05, 0.1) is 17.5 Å². The zero-order chi connectivity index (χ0) is 20.5. The van der Waals surface area contributed by atoms with Crippen LogP contribution in [0.2, 0.25) is 0 Å². The van der Waals surface area contributed by atoms with E-state index in [1.165, 1.54) is 12.8 Å². The molecule has 0 unspecified atom stereocenters. The molecule has 2 aliphatic rings. The number of aryl methyl sites for hydroxylation is 1. The van der Waals surface area contributed by atoms with E-state index in [0.29, 0.717) is 30.6 Å². The first-order chi connectivity index (χ1) is 14.7. The second-order valence-electron chi connectivity index (χ2n) is 8.12. The highest BCUT2D eigenvalue weighted by Gasteiger charge is 2.29. The van der Waals surface area contributed by atoms with Gasteiger partial charge in [0, 0.05) is 54.9 Å². The monoisotopic (exact) mass is 403 g/mol. The molecule has 1 saturated carbocycles. The van der Waals surface area contributed by atoms with Crippen molar-refractivity contribution in [1.82, 2.24) is 30.0 Å². The minimum atomic E-state index is 0.0489. The molecule has 0 atom stereocenters. The van der Waals surface area contributed by atoms with E-state index in [9.17, 15) is 4.79 Å². The summed E-state index contributed by atoms with van der Waals surface area (Å²) in [6, 6.07) is 4.50. The number of nitrogens with zero attached hydrogens (tertiary/aromatic N) is 5. The van der Waals surface area contributed by atoms with Crippen molar-refractivity contribution in [3.8, 4) is 11.1 Å². The predicted octanol–water partition coefficient (Wildman–Crippen LogP) is 3.16. The molecule has 0 radical (unpaired) electrons. The number of rotatable bonds is 5. The minimum Gasteiger partial charge on any atom is -0.351 e. The summed E-state index contributed by atoms with van der Waals surface area (Å²) in [6.07, 6.45) is 11.2. The van der Waals surface area contributed by atoms with E-state index in [-0.39, 0.29) is 11.8 Å². The minimum absolute atomic E-state index is 0.0489. The largest absolute Gasteiger partial charge is 0.351 e. The maximum atomic E-state index is 12.8. The van der Waals surface area contributed by atoms with Crippen LogP contribution in [0.25, 0.3) is 11.1 Å². The highest BCUT2D eigenvalue weighted by Crippen LogP contribution is 2.35. The lowest BCUT2D eigenvalue weighted by molar-refractivity contribution is 0.0711. The number of aromatic nitrogens is 5. The van der Waals surface area contributed by atoms with Gasteiger partial charge < -0.3 is 10.2 Å². The van der Waals surface area contributed by atoms with Crippen molar-refractivity contribution < 1.29 is 4.79 Å². The number of hydrogen-bond donors (Lipinski definition) is 2. The maximum absolute atomic E-state index is 12.8. The van der Waals surface area contributed by atoms with Gasteiger partial charge in [0.25, 0.3) is 5.91 Å². The molecular weight excluding hydrogens is 378 g/mol. The molecule has 0 bridgehead atoms. The number of aromatic amines is 1. The maximum Gasteiger partial charge on any atom is 0.257 e. The van der Waals surface area contributed by atoms with Gasteiger partial charge >= 0.3 is 0 Å². The molecule has 154 valence electrons. The third-order valence-corrected chi connectivity index (χ3v) is 5.95. The van der Waals surface area contributed by atoms with Crippen LogP contribution >= 0.6 is 0 Å². The zero-order valence-electron chi connectivity index (χ0n) is 17.0.